The minimum absolute atomic E-state index is 0.128. The number of hydrogen-bond donors (Lipinski definition) is 3. The Labute approximate surface area is 266 Å². The van der Waals surface area contributed by atoms with Crippen molar-refractivity contribution >= 4 is 29.5 Å². The fourth-order valence-electron chi connectivity index (χ4n) is 8.45. The number of aliphatic hydroxyl groups excluding tert-OH is 1. The van der Waals surface area contributed by atoms with Crippen molar-refractivity contribution < 1.29 is 39.2 Å². The zero-order valence-corrected chi connectivity index (χ0v) is 27.8. The van der Waals surface area contributed by atoms with Gasteiger partial charge in [0, 0.05) is 54.3 Å². The van der Waals surface area contributed by atoms with Crippen LogP contribution in [0.2, 0.25) is 0 Å². The molecule has 0 aliphatic heterocycles. The van der Waals surface area contributed by atoms with Crippen LogP contribution in [0.25, 0.3) is 0 Å². The SMILES string of the molecule is CCCCCCCSC/C=C/C=C/C(=O)O[C@@H]1[C@@H](C)[C@@]2(O)[C@@H](C=C(CO)C[C@]3(O)C(=O)C(C)=C[C@@H]23)[C@@H]2C(C)(C)[C@]12OC(C)=O. The molecule has 0 aromatic heterocycles. The second-order valence-corrected chi connectivity index (χ2v) is 14.8. The first-order chi connectivity index (χ1) is 20.7. The normalized spacial score (nSPS) is 37.1. The van der Waals surface area contributed by atoms with E-state index in [-0.39, 0.29) is 6.42 Å². The summed E-state index contributed by atoms with van der Waals surface area (Å²) in [5.74, 6) is -2.80. The summed E-state index contributed by atoms with van der Waals surface area (Å²) >= 11 is 1.85. The van der Waals surface area contributed by atoms with Gasteiger partial charge in [-0.25, -0.2) is 4.79 Å². The Morgan fingerprint density at radius 3 is 2.48 bits per heavy atom. The number of carbonyl (C=O) groups is 3. The molecule has 0 unspecified atom stereocenters. The Balaban J connectivity index is 1.58. The van der Waals surface area contributed by atoms with Gasteiger partial charge in [0.15, 0.2) is 11.4 Å². The minimum atomic E-state index is -1.95. The maximum atomic E-state index is 13.3. The van der Waals surface area contributed by atoms with Crippen molar-refractivity contribution in [3.05, 3.63) is 47.6 Å². The monoisotopic (exact) mass is 630 g/mol. The number of esters is 2. The van der Waals surface area contributed by atoms with Crippen LogP contribution < -0.4 is 0 Å². The summed E-state index contributed by atoms with van der Waals surface area (Å²) in [4.78, 5) is 39.0. The van der Waals surface area contributed by atoms with Crippen molar-refractivity contribution in [1.82, 2.24) is 0 Å². The first-order valence-electron chi connectivity index (χ1n) is 16.0. The van der Waals surface area contributed by atoms with Crippen LogP contribution in [0.3, 0.4) is 0 Å². The highest BCUT2D eigenvalue weighted by atomic mass is 32.2. The lowest BCUT2D eigenvalue weighted by atomic mass is 9.59. The maximum Gasteiger partial charge on any atom is 0.331 e. The largest absolute Gasteiger partial charge is 0.455 e. The fraction of sp³-hybridized carbons (Fsp3) is 0.686. The van der Waals surface area contributed by atoms with E-state index < -0.39 is 76.3 Å². The number of fused-ring (bicyclic) bond motifs is 5. The lowest BCUT2D eigenvalue weighted by molar-refractivity contribution is -0.226. The number of ether oxygens (including phenoxy) is 2. The minimum Gasteiger partial charge on any atom is -0.455 e. The Morgan fingerprint density at radius 1 is 1.11 bits per heavy atom. The molecular formula is C35H50O8S. The molecule has 0 bridgehead atoms. The summed E-state index contributed by atoms with van der Waals surface area (Å²) in [6.07, 6.45) is 15.1. The van der Waals surface area contributed by atoms with Gasteiger partial charge in [-0.05, 0) is 30.2 Å². The molecule has 2 fully saturated rings. The molecular weight excluding hydrogens is 580 g/mol. The van der Waals surface area contributed by atoms with Gasteiger partial charge in [-0.2, -0.15) is 11.8 Å². The summed E-state index contributed by atoms with van der Waals surface area (Å²) in [5, 5.41) is 34.7. The molecule has 0 amide bonds. The summed E-state index contributed by atoms with van der Waals surface area (Å²) < 4.78 is 12.1. The van der Waals surface area contributed by atoms with Crippen LogP contribution >= 0.6 is 11.8 Å². The van der Waals surface area contributed by atoms with Crippen molar-refractivity contribution in [3.63, 3.8) is 0 Å². The van der Waals surface area contributed by atoms with Crippen LogP contribution in [-0.4, -0.2) is 74.1 Å². The molecule has 9 heteroatoms. The summed E-state index contributed by atoms with van der Waals surface area (Å²) in [5.41, 5.74) is -4.91. The molecule has 0 radical (unpaired) electrons. The Hall–Kier alpha value is -2.20. The average molecular weight is 631 g/mol. The predicted octanol–water partition coefficient (Wildman–Crippen LogP) is 4.87. The highest BCUT2D eigenvalue weighted by Gasteiger charge is 2.87. The van der Waals surface area contributed by atoms with Gasteiger partial charge >= 0.3 is 11.9 Å². The van der Waals surface area contributed by atoms with Gasteiger partial charge in [-0.3, -0.25) is 9.59 Å². The molecule has 4 aliphatic carbocycles. The first-order valence-corrected chi connectivity index (χ1v) is 17.2. The highest BCUT2D eigenvalue weighted by molar-refractivity contribution is 7.99. The van der Waals surface area contributed by atoms with E-state index in [1.54, 1.807) is 38.2 Å². The van der Waals surface area contributed by atoms with Crippen LogP contribution in [-0.2, 0) is 23.9 Å². The highest BCUT2D eigenvalue weighted by Crippen LogP contribution is 2.77. The van der Waals surface area contributed by atoms with Crippen LogP contribution in [0, 0.1) is 29.1 Å². The summed E-state index contributed by atoms with van der Waals surface area (Å²) in [7, 11) is 0. The smallest absolute Gasteiger partial charge is 0.331 e. The fourth-order valence-corrected chi connectivity index (χ4v) is 9.28. The van der Waals surface area contributed by atoms with E-state index in [4.69, 9.17) is 9.47 Å². The third-order valence-electron chi connectivity index (χ3n) is 10.6. The second kappa shape index (κ2) is 13.3. The first kappa shape index (κ1) is 34.7. The maximum absolute atomic E-state index is 13.3. The van der Waals surface area contributed by atoms with Gasteiger partial charge in [-0.1, -0.05) is 83.8 Å². The Bertz CT molecular complexity index is 1250. The van der Waals surface area contributed by atoms with E-state index >= 15 is 0 Å². The van der Waals surface area contributed by atoms with Crippen molar-refractivity contribution in [1.29, 1.82) is 0 Å². The van der Waals surface area contributed by atoms with Crippen molar-refractivity contribution in [3.8, 4) is 0 Å². The Morgan fingerprint density at radius 2 is 1.82 bits per heavy atom. The molecule has 4 aliphatic rings. The molecule has 0 saturated heterocycles. The van der Waals surface area contributed by atoms with E-state index in [1.165, 1.54) is 45.1 Å². The lowest BCUT2D eigenvalue weighted by Gasteiger charge is -2.53. The summed E-state index contributed by atoms with van der Waals surface area (Å²) in [6, 6.07) is 0. The number of hydrogen-bond acceptors (Lipinski definition) is 9. The number of ketones is 1. The quantitative estimate of drug-likeness (QED) is 0.0858. The topological polar surface area (TPSA) is 130 Å². The zero-order valence-electron chi connectivity index (χ0n) is 27.0. The van der Waals surface area contributed by atoms with Crippen molar-refractivity contribution in [2.75, 3.05) is 18.1 Å². The molecule has 8 atom stereocenters. The van der Waals surface area contributed by atoms with Crippen LogP contribution in [0.4, 0.5) is 0 Å². The molecule has 0 spiro atoms. The van der Waals surface area contributed by atoms with Crippen LogP contribution in [0.1, 0.15) is 80.1 Å². The standard InChI is InChI=1S/C35H50O8S/c1-7-8-9-10-13-16-44-17-14-11-12-15-28(38)42-31-23(3)34(41)26(29-32(5,6)35(29,31)43-24(4)37)19-25(21-36)20-33(40)27(34)18-22(2)30(33)39/h11-12,14-15,18-19,23,26-27,29,31,36,40-41H,7-10,13,16-17,20-21H2,1-6H3/b14-11+,15-12+/t23-,26+,27-,29-,31-,33-,34-,35-/m1/s1. The van der Waals surface area contributed by atoms with Gasteiger partial charge in [0.2, 0.25) is 0 Å². The molecule has 8 nitrogen and oxygen atoms in total. The molecule has 0 aromatic carbocycles. The number of carbonyl (C=O) groups excluding carboxylic acids is 3. The number of unbranched alkanes of at least 4 members (excludes halogenated alkanes) is 4. The second-order valence-electron chi connectivity index (χ2n) is 13.7. The molecule has 0 aromatic rings. The van der Waals surface area contributed by atoms with Crippen molar-refractivity contribution in [2.24, 2.45) is 29.1 Å². The molecule has 44 heavy (non-hydrogen) atoms. The summed E-state index contributed by atoms with van der Waals surface area (Å²) in [6.45, 7) is 10.3. The number of rotatable bonds is 13. The van der Waals surface area contributed by atoms with E-state index in [2.05, 4.69) is 6.92 Å². The van der Waals surface area contributed by atoms with Crippen LogP contribution in [0.5, 0.6) is 0 Å². The third-order valence-corrected chi connectivity index (χ3v) is 11.6. The van der Waals surface area contributed by atoms with Crippen LogP contribution in [0.15, 0.2) is 47.6 Å². The van der Waals surface area contributed by atoms with Gasteiger partial charge in [0.25, 0.3) is 0 Å². The van der Waals surface area contributed by atoms with E-state index in [0.29, 0.717) is 11.1 Å². The molecule has 244 valence electrons. The number of Topliss-reactive ketones (excluding diaryl/α,β-unsaturated/α-hetero) is 1. The molecule has 3 N–H and O–H groups in total. The number of aliphatic hydroxyl groups is 3. The van der Waals surface area contributed by atoms with Gasteiger partial charge in [-0.15, -0.1) is 0 Å². The number of allylic oxidation sites excluding steroid dienone is 2. The van der Waals surface area contributed by atoms with Gasteiger partial charge in [0.05, 0.1) is 12.2 Å². The lowest BCUT2D eigenvalue weighted by Crippen LogP contribution is -2.66. The molecule has 2 saturated carbocycles. The third kappa shape index (κ3) is 5.78. The van der Waals surface area contributed by atoms with E-state index in [1.807, 2.05) is 31.7 Å². The predicted molar refractivity (Wildman–Crippen MR) is 171 cm³/mol. The molecule has 0 heterocycles. The zero-order chi connectivity index (χ0) is 32.5. The molecule has 4 rings (SSSR count). The van der Waals surface area contributed by atoms with E-state index in [9.17, 15) is 29.7 Å². The van der Waals surface area contributed by atoms with Gasteiger partial charge in [0.1, 0.15) is 11.7 Å². The Kier molecular flexibility index (Phi) is 10.5. The van der Waals surface area contributed by atoms with Gasteiger partial charge < -0.3 is 24.8 Å². The van der Waals surface area contributed by atoms with E-state index in [0.717, 1.165) is 11.5 Å². The van der Waals surface area contributed by atoms with Crippen molar-refractivity contribution in [2.45, 2.75) is 103 Å². The number of thioether (sulfide) groups is 1. The average Bonchev–Trinajstić information content (AvgIpc) is 3.38.